The molecule has 0 aliphatic carbocycles. The lowest BCUT2D eigenvalue weighted by Gasteiger charge is -2.42. The van der Waals surface area contributed by atoms with Crippen molar-refractivity contribution < 1.29 is 9.53 Å². The van der Waals surface area contributed by atoms with Gasteiger partial charge < -0.3 is 9.64 Å². The van der Waals surface area contributed by atoms with Crippen LogP contribution in [0.15, 0.2) is 42.6 Å². The van der Waals surface area contributed by atoms with Crippen LogP contribution in [-0.2, 0) is 0 Å². The van der Waals surface area contributed by atoms with Crippen molar-refractivity contribution >= 4 is 17.9 Å². The molecule has 2 aromatic rings. The van der Waals surface area contributed by atoms with Gasteiger partial charge in [-0.1, -0.05) is 24.3 Å². The molecule has 1 aromatic heterocycles. The first-order chi connectivity index (χ1) is 12.1. The van der Waals surface area contributed by atoms with Crippen LogP contribution in [0, 0.1) is 6.92 Å². The number of urea groups is 1. The van der Waals surface area contributed by atoms with Gasteiger partial charge >= 0.3 is 6.03 Å². The molecule has 25 heavy (non-hydrogen) atoms. The SMILES string of the molecule is Cc1nccc(NC(=O)N2CCCC3(C=Cc4ccccc4O3)C2)n1. The van der Waals surface area contributed by atoms with Crippen LogP contribution in [0.3, 0.4) is 0 Å². The molecule has 1 aromatic carbocycles. The molecule has 1 fully saturated rings. The number of ether oxygens (including phenoxy) is 1. The maximum Gasteiger partial charge on any atom is 0.323 e. The van der Waals surface area contributed by atoms with Crippen molar-refractivity contribution in [2.45, 2.75) is 25.4 Å². The van der Waals surface area contributed by atoms with Gasteiger partial charge in [0.25, 0.3) is 0 Å². The van der Waals surface area contributed by atoms with Crippen LogP contribution in [0.2, 0.25) is 0 Å². The fourth-order valence-corrected chi connectivity index (χ4v) is 3.36. The molecule has 1 N–H and O–H groups in total. The number of piperidine rings is 1. The van der Waals surface area contributed by atoms with Crippen molar-refractivity contribution in [3.8, 4) is 5.75 Å². The highest BCUT2D eigenvalue weighted by Gasteiger charge is 2.39. The highest BCUT2D eigenvalue weighted by atomic mass is 16.5. The van der Waals surface area contributed by atoms with Gasteiger partial charge in [0.2, 0.25) is 0 Å². The lowest BCUT2D eigenvalue weighted by molar-refractivity contribution is 0.0442. The second kappa shape index (κ2) is 6.20. The molecule has 1 saturated heterocycles. The molecule has 1 atom stereocenters. The van der Waals surface area contributed by atoms with E-state index in [-0.39, 0.29) is 6.03 Å². The molecule has 2 aliphatic heterocycles. The standard InChI is InChI=1S/C19H20N4O2/c1-14-20-11-8-17(21-14)22-18(24)23-12-4-9-19(13-23)10-7-15-5-2-3-6-16(15)25-19/h2-3,5-8,10-11H,4,9,12-13H2,1H3,(H,20,21,22,24). The number of rotatable bonds is 1. The average Bonchev–Trinajstić information content (AvgIpc) is 2.62. The Morgan fingerprint density at radius 2 is 2.20 bits per heavy atom. The Morgan fingerprint density at radius 1 is 1.32 bits per heavy atom. The molecule has 2 aliphatic rings. The largest absolute Gasteiger partial charge is 0.481 e. The van der Waals surface area contributed by atoms with Crippen LogP contribution < -0.4 is 10.1 Å². The average molecular weight is 336 g/mol. The molecular formula is C19H20N4O2. The molecule has 1 spiro atoms. The lowest BCUT2D eigenvalue weighted by Crippen LogP contribution is -2.54. The lowest BCUT2D eigenvalue weighted by atomic mass is 9.89. The Bertz CT molecular complexity index is 836. The topological polar surface area (TPSA) is 67.4 Å². The van der Waals surface area contributed by atoms with Gasteiger partial charge in [-0.25, -0.2) is 14.8 Å². The summed E-state index contributed by atoms with van der Waals surface area (Å²) in [5.74, 6) is 2.02. The first-order valence-electron chi connectivity index (χ1n) is 8.46. The maximum absolute atomic E-state index is 12.6. The number of aryl methyl sites for hydroxylation is 1. The summed E-state index contributed by atoms with van der Waals surface area (Å²) in [4.78, 5) is 22.7. The normalized spacial score (nSPS) is 21.6. The molecule has 0 saturated carbocycles. The first-order valence-corrected chi connectivity index (χ1v) is 8.46. The molecule has 1 unspecified atom stereocenters. The fourth-order valence-electron chi connectivity index (χ4n) is 3.36. The number of hydrogen-bond donors (Lipinski definition) is 1. The van der Waals surface area contributed by atoms with Crippen LogP contribution in [-0.4, -0.2) is 39.6 Å². The van der Waals surface area contributed by atoms with Crippen molar-refractivity contribution in [3.05, 3.63) is 54.0 Å². The number of nitrogens with one attached hydrogen (secondary N) is 1. The molecule has 3 heterocycles. The van der Waals surface area contributed by atoms with E-state index in [9.17, 15) is 4.79 Å². The smallest absolute Gasteiger partial charge is 0.323 e. The Morgan fingerprint density at radius 3 is 3.08 bits per heavy atom. The van der Waals surface area contributed by atoms with Crippen LogP contribution in [0.1, 0.15) is 24.2 Å². The zero-order chi connectivity index (χ0) is 17.3. The van der Waals surface area contributed by atoms with Gasteiger partial charge in [0.15, 0.2) is 0 Å². The summed E-state index contributed by atoms with van der Waals surface area (Å²) in [5.41, 5.74) is 0.622. The molecule has 0 bridgehead atoms. The van der Waals surface area contributed by atoms with E-state index >= 15 is 0 Å². The summed E-state index contributed by atoms with van der Waals surface area (Å²) < 4.78 is 6.28. The third kappa shape index (κ3) is 3.20. The van der Waals surface area contributed by atoms with Gasteiger partial charge in [-0.2, -0.15) is 0 Å². The van der Waals surface area contributed by atoms with Gasteiger partial charge in [0.1, 0.15) is 23.0 Å². The van der Waals surface area contributed by atoms with Gasteiger partial charge in [-0.05, 0) is 38.0 Å². The summed E-state index contributed by atoms with van der Waals surface area (Å²) >= 11 is 0. The van der Waals surface area contributed by atoms with Gasteiger partial charge in [0.05, 0.1) is 6.54 Å². The predicted molar refractivity (Wildman–Crippen MR) is 95.4 cm³/mol. The molecule has 2 amide bonds. The van der Waals surface area contributed by atoms with Crippen molar-refractivity contribution in [2.75, 3.05) is 18.4 Å². The van der Waals surface area contributed by atoms with E-state index in [0.717, 1.165) is 24.2 Å². The number of carbonyl (C=O) groups is 1. The molecule has 128 valence electrons. The predicted octanol–water partition coefficient (Wildman–Crippen LogP) is 3.26. The summed E-state index contributed by atoms with van der Waals surface area (Å²) in [6.45, 7) is 3.02. The fraction of sp³-hybridized carbons (Fsp3) is 0.316. The third-order valence-electron chi connectivity index (χ3n) is 4.58. The molecular weight excluding hydrogens is 316 g/mol. The summed E-state index contributed by atoms with van der Waals surface area (Å²) in [7, 11) is 0. The van der Waals surface area contributed by atoms with E-state index in [1.165, 1.54) is 0 Å². The number of amides is 2. The first kappa shape index (κ1) is 15.6. The number of hydrogen-bond acceptors (Lipinski definition) is 4. The molecule has 0 radical (unpaired) electrons. The van der Waals surface area contributed by atoms with Crippen molar-refractivity contribution in [3.63, 3.8) is 0 Å². The number of aromatic nitrogens is 2. The Labute approximate surface area is 146 Å². The quantitative estimate of drug-likeness (QED) is 0.868. The van der Waals surface area contributed by atoms with Crippen LogP contribution >= 0.6 is 0 Å². The summed E-state index contributed by atoms with van der Waals surface area (Å²) in [6, 6.07) is 9.50. The number of anilines is 1. The van der Waals surface area contributed by atoms with E-state index in [2.05, 4.69) is 27.4 Å². The number of carbonyl (C=O) groups excluding carboxylic acids is 1. The number of nitrogens with zero attached hydrogens (tertiary/aromatic N) is 3. The van der Waals surface area contributed by atoms with Crippen molar-refractivity contribution in [1.29, 1.82) is 0 Å². The van der Waals surface area contributed by atoms with Crippen molar-refractivity contribution in [2.24, 2.45) is 0 Å². The zero-order valence-electron chi connectivity index (χ0n) is 14.1. The van der Waals surface area contributed by atoms with E-state index in [1.807, 2.05) is 24.3 Å². The van der Waals surface area contributed by atoms with E-state index < -0.39 is 5.60 Å². The zero-order valence-corrected chi connectivity index (χ0v) is 14.1. The van der Waals surface area contributed by atoms with E-state index in [4.69, 9.17) is 4.74 Å². The minimum atomic E-state index is -0.453. The summed E-state index contributed by atoms with van der Waals surface area (Å²) in [5, 5.41) is 2.85. The van der Waals surface area contributed by atoms with E-state index in [1.54, 1.807) is 24.1 Å². The van der Waals surface area contributed by atoms with E-state index in [0.29, 0.717) is 24.7 Å². The van der Waals surface area contributed by atoms with Gasteiger partial charge in [-0.3, -0.25) is 5.32 Å². The van der Waals surface area contributed by atoms with Crippen molar-refractivity contribution in [1.82, 2.24) is 14.9 Å². The molecule has 4 rings (SSSR count). The number of benzene rings is 1. The minimum Gasteiger partial charge on any atom is -0.481 e. The highest BCUT2D eigenvalue weighted by Crippen LogP contribution is 2.36. The molecule has 6 nitrogen and oxygen atoms in total. The van der Waals surface area contributed by atoms with Crippen LogP contribution in [0.4, 0.5) is 10.6 Å². The minimum absolute atomic E-state index is 0.159. The monoisotopic (exact) mass is 336 g/mol. The van der Waals surface area contributed by atoms with Gasteiger partial charge in [0, 0.05) is 18.3 Å². The van der Waals surface area contributed by atoms with Gasteiger partial charge in [-0.15, -0.1) is 0 Å². The number of likely N-dealkylation sites (tertiary alicyclic amines) is 1. The number of fused-ring (bicyclic) bond motifs is 1. The Hall–Kier alpha value is -2.89. The van der Waals surface area contributed by atoms with Crippen LogP contribution in [0.5, 0.6) is 5.75 Å². The second-order valence-corrected chi connectivity index (χ2v) is 6.48. The van der Waals surface area contributed by atoms with Crippen LogP contribution in [0.25, 0.3) is 6.08 Å². The third-order valence-corrected chi connectivity index (χ3v) is 4.58. The molecule has 6 heteroatoms. The second-order valence-electron chi connectivity index (χ2n) is 6.48. The Kier molecular flexibility index (Phi) is 3.87. The number of para-hydroxylation sites is 1. The maximum atomic E-state index is 12.6. The Balaban J connectivity index is 1.49. The highest BCUT2D eigenvalue weighted by molar-refractivity contribution is 5.88. The summed E-state index contributed by atoms with van der Waals surface area (Å²) in [6.07, 6.45) is 7.61.